The standard InChI is InChI=1S/C15H15N3OS/c16-5-1-2-13-8-14(10-17-9-13)15(19)18-6-3-12-4-7-20-11-12/h4,7-11H,3,5-6,16H2,(H,18,19). The molecular weight excluding hydrogens is 270 g/mol. The molecule has 0 saturated carbocycles. The molecule has 0 aliphatic heterocycles. The molecular formula is C15H15N3OS. The molecule has 2 aromatic heterocycles. The number of carbonyl (C=O) groups is 1. The number of aromatic nitrogens is 1. The molecule has 4 nitrogen and oxygen atoms in total. The molecule has 3 N–H and O–H groups in total. The van der Waals surface area contributed by atoms with Crippen molar-refractivity contribution in [1.82, 2.24) is 10.3 Å². The fourth-order valence-corrected chi connectivity index (χ4v) is 2.35. The quantitative estimate of drug-likeness (QED) is 0.835. The fraction of sp³-hybridized carbons (Fsp3) is 0.200. The van der Waals surface area contributed by atoms with Gasteiger partial charge in [-0.25, -0.2) is 0 Å². The van der Waals surface area contributed by atoms with Crippen LogP contribution in [0.25, 0.3) is 0 Å². The van der Waals surface area contributed by atoms with E-state index >= 15 is 0 Å². The second-order valence-electron chi connectivity index (χ2n) is 4.11. The minimum atomic E-state index is -0.135. The Morgan fingerprint density at radius 1 is 1.45 bits per heavy atom. The van der Waals surface area contributed by atoms with Crippen molar-refractivity contribution >= 4 is 17.2 Å². The molecule has 2 rings (SSSR count). The highest BCUT2D eigenvalue weighted by Crippen LogP contribution is 2.06. The van der Waals surface area contributed by atoms with E-state index in [0.717, 1.165) is 6.42 Å². The second-order valence-corrected chi connectivity index (χ2v) is 4.89. The Balaban J connectivity index is 1.91. The van der Waals surface area contributed by atoms with E-state index in [1.54, 1.807) is 23.6 Å². The highest BCUT2D eigenvalue weighted by Gasteiger charge is 2.05. The van der Waals surface area contributed by atoms with Gasteiger partial charge in [0.1, 0.15) is 0 Å². The average Bonchev–Trinajstić information content (AvgIpc) is 2.98. The molecule has 2 aromatic rings. The normalized spacial score (nSPS) is 9.65. The lowest BCUT2D eigenvalue weighted by molar-refractivity contribution is 0.0954. The van der Waals surface area contributed by atoms with Gasteiger partial charge in [-0.1, -0.05) is 11.8 Å². The fourth-order valence-electron chi connectivity index (χ4n) is 1.64. The number of carbonyl (C=O) groups excluding carboxylic acids is 1. The minimum absolute atomic E-state index is 0.135. The lowest BCUT2D eigenvalue weighted by Crippen LogP contribution is -2.25. The van der Waals surface area contributed by atoms with Crippen molar-refractivity contribution in [3.63, 3.8) is 0 Å². The number of pyridine rings is 1. The summed E-state index contributed by atoms with van der Waals surface area (Å²) >= 11 is 1.66. The van der Waals surface area contributed by atoms with Gasteiger partial charge in [-0.3, -0.25) is 9.78 Å². The molecule has 0 unspecified atom stereocenters. The number of thiophene rings is 1. The third kappa shape index (κ3) is 4.19. The van der Waals surface area contributed by atoms with Gasteiger partial charge in [0, 0.05) is 24.5 Å². The summed E-state index contributed by atoms with van der Waals surface area (Å²) in [7, 11) is 0. The number of nitrogens with one attached hydrogen (secondary N) is 1. The number of hydrogen-bond donors (Lipinski definition) is 2. The largest absolute Gasteiger partial charge is 0.352 e. The van der Waals surface area contributed by atoms with E-state index in [4.69, 9.17) is 5.73 Å². The monoisotopic (exact) mass is 285 g/mol. The Bertz CT molecular complexity index is 626. The zero-order valence-electron chi connectivity index (χ0n) is 10.9. The molecule has 0 aliphatic rings. The molecule has 0 aromatic carbocycles. The maximum Gasteiger partial charge on any atom is 0.252 e. The van der Waals surface area contributed by atoms with Gasteiger partial charge in [-0.15, -0.1) is 0 Å². The molecule has 0 bridgehead atoms. The van der Waals surface area contributed by atoms with Gasteiger partial charge in [0.15, 0.2) is 0 Å². The molecule has 2 heterocycles. The second kappa shape index (κ2) is 7.43. The third-order valence-corrected chi connectivity index (χ3v) is 3.35. The van der Waals surface area contributed by atoms with E-state index in [0.29, 0.717) is 17.7 Å². The van der Waals surface area contributed by atoms with Gasteiger partial charge < -0.3 is 11.1 Å². The Morgan fingerprint density at radius 3 is 3.10 bits per heavy atom. The van der Waals surface area contributed by atoms with Crippen LogP contribution in [-0.4, -0.2) is 24.0 Å². The number of nitrogens with zero attached hydrogens (tertiary/aromatic N) is 1. The van der Waals surface area contributed by atoms with Crippen molar-refractivity contribution in [1.29, 1.82) is 0 Å². The van der Waals surface area contributed by atoms with Crippen molar-refractivity contribution in [2.45, 2.75) is 6.42 Å². The van der Waals surface area contributed by atoms with Crippen LogP contribution in [0.4, 0.5) is 0 Å². The van der Waals surface area contributed by atoms with Crippen LogP contribution < -0.4 is 11.1 Å². The number of hydrogen-bond acceptors (Lipinski definition) is 4. The highest BCUT2D eigenvalue weighted by atomic mass is 32.1. The van der Waals surface area contributed by atoms with Gasteiger partial charge in [-0.05, 0) is 34.9 Å². The summed E-state index contributed by atoms with van der Waals surface area (Å²) in [5.41, 5.74) is 7.75. The van der Waals surface area contributed by atoms with Crippen molar-refractivity contribution < 1.29 is 4.79 Å². The summed E-state index contributed by atoms with van der Waals surface area (Å²) in [5, 5.41) is 6.98. The van der Waals surface area contributed by atoms with Gasteiger partial charge in [0.25, 0.3) is 5.91 Å². The molecule has 1 amide bonds. The Hall–Kier alpha value is -2.16. The molecule has 0 aliphatic carbocycles. The summed E-state index contributed by atoms with van der Waals surface area (Å²) in [6.07, 6.45) is 3.98. The van der Waals surface area contributed by atoms with E-state index < -0.39 is 0 Å². The van der Waals surface area contributed by atoms with Crippen molar-refractivity contribution in [3.05, 3.63) is 52.0 Å². The van der Waals surface area contributed by atoms with Crippen molar-refractivity contribution in [2.75, 3.05) is 13.1 Å². The van der Waals surface area contributed by atoms with Crippen LogP contribution in [0, 0.1) is 11.8 Å². The maximum absolute atomic E-state index is 12.0. The van der Waals surface area contributed by atoms with Gasteiger partial charge in [-0.2, -0.15) is 11.3 Å². The van der Waals surface area contributed by atoms with E-state index in [-0.39, 0.29) is 12.5 Å². The zero-order chi connectivity index (χ0) is 14.2. The van der Waals surface area contributed by atoms with Crippen LogP contribution in [0.2, 0.25) is 0 Å². The van der Waals surface area contributed by atoms with Gasteiger partial charge in [0.2, 0.25) is 0 Å². The predicted octanol–water partition coefficient (Wildman–Crippen LogP) is 1.43. The first-order valence-electron chi connectivity index (χ1n) is 6.23. The van der Waals surface area contributed by atoms with Crippen molar-refractivity contribution in [2.24, 2.45) is 5.73 Å². The summed E-state index contributed by atoms with van der Waals surface area (Å²) in [6.45, 7) is 0.894. The number of rotatable bonds is 4. The SMILES string of the molecule is NCC#Cc1cncc(C(=O)NCCc2ccsc2)c1. The van der Waals surface area contributed by atoms with Gasteiger partial charge in [0.05, 0.1) is 12.1 Å². The first-order chi connectivity index (χ1) is 9.79. The van der Waals surface area contributed by atoms with Crippen LogP contribution in [0.1, 0.15) is 21.5 Å². The summed E-state index contributed by atoms with van der Waals surface area (Å²) in [6, 6.07) is 3.77. The number of nitrogens with two attached hydrogens (primary N) is 1. The van der Waals surface area contributed by atoms with E-state index in [1.165, 1.54) is 11.8 Å². The zero-order valence-corrected chi connectivity index (χ0v) is 11.7. The molecule has 0 fully saturated rings. The first kappa shape index (κ1) is 14.3. The topological polar surface area (TPSA) is 68.0 Å². The first-order valence-corrected chi connectivity index (χ1v) is 7.17. The Kier molecular flexibility index (Phi) is 5.30. The summed E-state index contributed by atoms with van der Waals surface area (Å²) in [4.78, 5) is 16.0. The lowest BCUT2D eigenvalue weighted by atomic mass is 10.2. The van der Waals surface area contributed by atoms with Crippen LogP contribution in [0.5, 0.6) is 0 Å². The smallest absolute Gasteiger partial charge is 0.252 e. The summed E-state index contributed by atoms with van der Waals surface area (Å²) in [5.74, 6) is 5.47. The molecule has 0 spiro atoms. The van der Waals surface area contributed by atoms with E-state index in [1.807, 2.05) is 5.38 Å². The van der Waals surface area contributed by atoms with E-state index in [9.17, 15) is 4.79 Å². The highest BCUT2D eigenvalue weighted by molar-refractivity contribution is 7.07. The van der Waals surface area contributed by atoms with Crippen LogP contribution in [-0.2, 0) is 6.42 Å². The molecule has 20 heavy (non-hydrogen) atoms. The Labute approximate surface area is 122 Å². The van der Waals surface area contributed by atoms with Crippen LogP contribution in [0.3, 0.4) is 0 Å². The molecule has 5 heteroatoms. The van der Waals surface area contributed by atoms with E-state index in [2.05, 4.69) is 33.6 Å². The number of amides is 1. The van der Waals surface area contributed by atoms with Crippen molar-refractivity contribution in [3.8, 4) is 11.8 Å². The summed E-state index contributed by atoms with van der Waals surface area (Å²) < 4.78 is 0. The lowest BCUT2D eigenvalue weighted by Gasteiger charge is -2.04. The minimum Gasteiger partial charge on any atom is -0.352 e. The van der Waals surface area contributed by atoms with Crippen LogP contribution in [0.15, 0.2) is 35.3 Å². The molecule has 102 valence electrons. The molecule has 0 saturated heterocycles. The average molecular weight is 285 g/mol. The molecule has 0 radical (unpaired) electrons. The maximum atomic E-state index is 12.0. The van der Waals surface area contributed by atoms with Gasteiger partial charge >= 0.3 is 0 Å². The third-order valence-electron chi connectivity index (χ3n) is 2.61. The van der Waals surface area contributed by atoms with Crippen LogP contribution >= 0.6 is 11.3 Å². The predicted molar refractivity (Wildman–Crippen MR) is 80.5 cm³/mol. The molecule has 0 atom stereocenters. The Morgan fingerprint density at radius 2 is 2.35 bits per heavy atom.